The van der Waals surface area contributed by atoms with E-state index in [1.807, 2.05) is 43.3 Å². The number of unbranched alkanes of at least 4 members (excludes halogenated alkanes) is 1. The number of carbonyl (C=O) groups excluding carboxylic acids is 1. The van der Waals surface area contributed by atoms with Gasteiger partial charge in [0.15, 0.2) is 11.6 Å². The molecule has 36 heavy (non-hydrogen) atoms. The van der Waals surface area contributed by atoms with Crippen molar-refractivity contribution in [2.24, 2.45) is 0 Å². The summed E-state index contributed by atoms with van der Waals surface area (Å²) in [5.41, 5.74) is 0.696. The minimum Gasteiger partial charge on any atom is -0.495 e. The predicted octanol–water partition coefficient (Wildman–Crippen LogP) is 4.52. The van der Waals surface area contributed by atoms with Gasteiger partial charge >= 0.3 is 11.7 Å². The van der Waals surface area contributed by atoms with E-state index in [9.17, 15) is 18.4 Å². The van der Waals surface area contributed by atoms with Crippen molar-refractivity contribution in [1.29, 1.82) is 0 Å². The Morgan fingerprint density at radius 2 is 1.69 bits per heavy atom. The van der Waals surface area contributed by atoms with Crippen LogP contribution in [0, 0.1) is 18.6 Å². The number of hydrogen-bond acceptors (Lipinski definition) is 5. The molecule has 0 fully saturated rings. The maximum absolute atomic E-state index is 14.3. The third-order valence-electron chi connectivity index (χ3n) is 5.71. The van der Waals surface area contributed by atoms with Crippen LogP contribution in [0.4, 0.5) is 19.3 Å². The molecule has 0 aliphatic heterocycles. The molecule has 0 atom stereocenters. The molecule has 186 valence electrons. The van der Waals surface area contributed by atoms with Crippen LogP contribution in [0.5, 0.6) is 5.75 Å². The number of amides is 1. The summed E-state index contributed by atoms with van der Waals surface area (Å²) in [5.74, 6) is -1.58. The smallest absolute Gasteiger partial charge is 0.377 e. The van der Waals surface area contributed by atoms with Gasteiger partial charge in [-0.15, -0.1) is 4.68 Å². The van der Waals surface area contributed by atoms with E-state index < -0.39 is 29.0 Å². The number of tetrazole rings is 1. The van der Waals surface area contributed by atoms with Gasteiger partial charge < -0.3 is 4.74 Å². The monoisotopic (exact) mass is 493 g/mol. The van der Waals surface area contributed by atoms with Gasteiger partial charge in [0.25, 0.3) is 0 Å². The van der Waals surface area contributed by atoms with E-state index in [1.54, 1.807) is 12.1 Å². The van der Waals surface area contributed by atoms with E-state index in [0.717, 1.165) is 36.6 Å². The number of hydrogen-bond donors (Lipinski definition) is 0. The zero-order chi connectivity index (χ0) is 25.7. The predicted molar refractivity (Wildman–Crippen MR) is 131 cm³/mol. The van der Waals surface area contributed by atoms with Gasteiger partial charge in [0, 0.05) is 6.54 Å². The van der Waals surface area contributed by atoms with Crippen LogP contribution in [0.2, 0.25) is 0 Å². The fraction of sp³-hybridized carbons (Fsp3) is 0.231. The van der Waals surface area contributed by atoms with Gasteiger partial charge in [0.1, 0.15) is 11.4 Å². The Bertz CT molecular complexity index is 1400. The first-order valence-corrected chi connectivity index (χ1v) is 11.4. The molecule has 8 nitrogen and oxygen atoms in total. The minimum absolute atomic E-state index is 0.249. The Morgan fingerprint density at radius 3 is 2.39 bits per heavy atom. The number of aryl methyl sites for hydroxylation is 2. The maximum atomic E-state index is 14.3. The fourth-order valence-electron chi connectivity index (χ4n) is 3.89. The lowest BCUT2D eigenvalue weighted by Gasteiger charge is -2.24. The van der Waals surface area contributed by atoms with Crippen LogP contribution in [0.3, 0.4) is 0 Å². The van der Waals surface area contributed by atoms with Gasteiger partial charge in [0.2, 0.25) is 0 Å². The lowest BCUT2D eigenvalue weighted by atomic mass is 10.1. The summed E-state index contributed by atoms with van der Waals surface area (Å²) < 4.78 is 34.9. The summed E-state index contributed by atoms with van der Waals surface area (Å²) in [6.45, 7) is 2.11. The first-order valence-electron chi connectivity index (χ1n) is 11.4. The average Bonchev–Trinajstić information content (AvgIpc) is 3.25. The third-order valence-corrected chi connectivity index (χ3v) is 5.71. The molecule has 10 heteroatoms. The molecule has 1 heterocycles. The van der Waals surface area contributed by atoms with Crippen LogP contribution in [0.25, 0.3) is 5.69 Å². The van der Waals surface area contributed by atoms with Crippen LogP contribution in [-0.2, 0) is 6.42 Å². The number of carbonyl (C=O) groups is 1. The van der Waals surface area contributed by atoms with Crippen molar-refractivity contribution in [3.05, 3.63) is 100.0 Å². The highest BCUT2D eigenvalue weighted by Crippen LogP contribution is 2.30. The van der Waals surface area contributed by atoms with Crippen molar-refractivity contribution >= 4 is 11.7 Å². The lowest BCUT2D eigenvalue weighted by Crippen LogP contribution is -2.42. The number of halogens is 2. The number of anilines is 1. The van der Waals surface area contributed by atoms with Crippen molar-refractivity contribution in [2.75, 3.05) is 18.6 Å². The van der Waals surface area contributed by atoms with Crippen LogP contribution >= 0.6 is 0 Å². The molecule has 4 rings (SSSR count). The maximum Gasteiger partial charge on any atom is 0.377 e. The molecule has 0 radical (unpaired) electrons. The summed E-state index contributed by atoms with van der Waals surface area (Å²) in [7, 11) is 1.48. The molecular formula is C26H25F2N5O3. The van der Waals surface area contributed by atoms with Crippen LogP contribution in [0.1, 0.15) is 24.0 Å². The number of methoxy groups -OCH3 is 1. The normalized spacial score (nSPS) is 10.9. The summed E-state index contributed by atoms with van der Waals surface area (Å²) in [6.07, 6.45) is 2.21. The highest BCUT2D eigenvalue weighted by Gasteiger charge is 2.26. The molecule has 3 aromatic carbocycles. The zero-order valence-corrected chi connectivity index (χ0v) is 19.9. The Balaban J connectivity index is 1.65. The Kier molecular flexibility index (Phi) is 7.53. The van der Waals surface area contributed by atoms with Gasteiger partial charge in [-0.1, -0.05) is 42.5 Å². The molecule has 0 saturated carbocycles. The largest absolute Gasteiger partial charge is 0.495 e. The zero-order valence-electron chi connectivity index (χ0n) is 19.9. The average molecular weight is 494 g/mol. The highest BCUT2D eigenvalue weighted by molar-refractivity contribution is 5.94. The van der Waals surface area contributed by atoms with Crippen molar-refractivity contribution in [3.8, 4) is 11.4 Å². The summed E-state index contributed by atoms with van der Waals surface area (Å²) in [6, 6.07) is 17.6. The first-order chi connectivity index (χ1) is 17.4. The number of nitrogens with zero attached hydrogens (tertiary/aromatic N) is 5. The second kappa shape index (κ2) is 10.9. The first kappa shape index (κ1) is 24.8. The van der Waals surface area contributed by atoms with E-state index in [0.29, 0.717) is 27.2 Å². The van der Waals surface area contributed by atoms with Crippen molar-refractivity contribution in [1.82, 2.24) is 19.8 Å². The number of aromatic nitrogens is 4. The standard InChI is InChI=1S/C26H25F2N5O3/c1-18-14-15-23(36-2)22(17-18)31(16-7-6-11-19-9-4-3-5-10-19)25(34)33-26(35)32(29-30-33)24-20(27)12-8-13-21(24)28/h3-5,8-10,12-15,17H,6-7,11,16H2,1-2H3. The summed E-state index contributed by atoms with van der Waals surface area (Å²) in [4.78, 5) is 27.9. The Labute approximate surface area is 206 Å². The van der Waals surface area contributed by atoms with Gasteiger partial charge in [0.05, 0.1) is 12.8 Å². The molecule has 0 bridgehead atoms. The quantitative estimate of drug-likeness (QED) is 0.266. The fourth-order valence-corrected chi connectivity index (χ4v) is 3.89. The number of ether oxygens (including phenoxy) is 1. The van der Waals surface area contributed by atoms with Crippen molar-refractivity contribution in [3.63, 3.8) is 0 Å². The minimum atomic E-state index is -1.09. The molecule has 0 aliphatic rings. The van der Waals surface area contributed by atoms with Gasteiger partial charge in [-0.25, -0.2) is 18.4 Å². The molecular weight excluding hydrogens is 468 g/mol. The van der Waals surface area contributed by atoms with E-state index in [-0.39, 0.29) is 6.54 Å². The number of rotatable bonds is 8. The van der Waals surface area contributed by atoms with Crippen LogP contribution in [-0.4, -0.2) is 39.5 Å². The van der Waals surface area contributed by atoms with E-state index in [1.165, 1.54) is 17.6 Å². The lowest BCUT2D eigenvalue weighted by molar-refractivity contribution is 0.243. The molecule has 0 spiro atoms. The number of benzene rings is 3. The Hall–Kier alpha value is -4.34. The molecule has 4 aromatic rings. The van der Waals surface area contributed by atoms with Crippen molar-refractivity contribution in [2.45, 2.75) is 26.2 Å². The van der Waals surface area contributed by atoms with Gasteiger partial charge in [-0.3, -0.25) is 4.90 Å². The van der Waals surface area contributed by atoms with Crippen molar-refractivity contribution < 1.29 is 18.3 Å². The molecule has 0 unspecified atom stereocenters. The summed E-state index contributed by atoms with van der Waals surface area (Å²) in [5, 5.41) is 7.19. The number of para-hydroxylation sites is 1. The SMILES string of the molecule is COc1ccc(C)cc1N(CCCCc1ccccc1)C(=O)n1nnn(-c2c(F)cccc2F)c1=O. The summed E-state index contributed by atoms with van der Waals surface area (Å²) >= 11 is 0. The van der Waals surface area contributed by atoms with E-state index in [4.69, 9.17) is 4.74 Å². The van der Waals surface area contributed by atoms with E-state index >= 15 is 0 Å². The molecule has 0 aliphatic carbocycles. The van der Waals surface area contributed by atoms with Gasteiger partial charge in [-0.2, -0.15) is 4.68 Å². The van der Waals surface area contributed by atoms with E-state index in [2.05, 4.69) is 10.4 Å². The Morgan fingerprint density at radius 1 is 0.972 bits per heavy atom. The van der Waals surface area contributed by atoms with Crippen LogP contribution in [0.15, 0.2) is 71.5 Å². The second-order valence-electron chi connectivity index (χ2n) is 8.21. The van der Waals surface area contributed by atoms with Crippen LogP contribution < -0.4 is 15.3 Å². The molecule has 0 N–H and O–H groups in total. The molecule has 0 saturated heterocycles. The molecule has 1 amide bonds. The van der Waals surface area contributed by atoms with Gasteiger partial charge in [-0.05, 0) is 72.0 Å². The molecule has 1 aromatic heterocycles. The highest BCUT2D eigenvalue weighted by atomic mass is 19.1. The third kappa shape index (κ3) is 5.17. The second-order valence-corrected chi connectivity index (χ2v) is 8.21. The topological polar surface area (TPSA) is 82.2 Å².